The van der Waals surface area contributed by atoms with E-state index in [2.05, 4.69) is 41.0 Å². The monoisotopic (exact) mass is 418 g/mol. The maximum Gasteiger partial charge on any atom is 0.240 e. The first kappa shape index (κ1) is 19.3. The second kappa shape index (κ2) is 6.80. The molecule has 7 atom stereocenters. The van der Waals surface area contributed by atoms with Crippen molar-refractivity contribution in [2.45, 2.75) is 76.2 Å². The van der Waals surface area contributed by atoms with Crippen LogP contribution in [0.5, 0.6) is 0 Å². The third-order valence-corrected chi connectivity index (χ3v) is 8.43. The molecular weight excluding hydrogens is 388 g/mol. The molecule has 0 N–H and O–H groups in total. The number of benzene rings is 1. The highest BCUT2D eigenvalue weighted by atomic mass is 16.2. The number of rotatable bonds is 4. The van der Waals surface area contributed by atoms with E-state index in [9.17, 15) is 14.9 Å². The highest BCUT2D eigenvalue weighted by Gasteiger charge is 2.56. The number of nitriles is 1. The average molecular weight is 419 g/mol. The number of piperidine rings is 1. The van der Waals surface area contributed by atoms with Crippen molar-refractivity contribution in [1.82, 2.24) is 14.7 Å². The van der Waals surface area contributed by atoms with Crippen LogP contribution in [0, 0.1) is 30.1 Å². The largest absolute Gasteiger partial charge is 0.330 e. The molecule has 1 unspecified atom stereocenters. The predicted octanol–water partition coefficient (Wildman–Crippen LogP) is 2.42. The van der Waals surface area contributed by atoms with Crippen molar-refractivity contribution < 1.29 is 9.59 Å². The quantitative estimate of drug-likeness (QED) is 0.753. The first-order valence-corrected chi connectivity index (χ1v) is 11.8. The van der Waals surface area contributed by atoms with Gasteiger partial charge in [0.05, 0.1) is 18.2 Å². The molecule has 6 rings (SSSR count). The van der Waals surface area contributed by atoms with Crippen LogP contribution in [0.15, 0.2) is 18.2 Å². The van der Waals surface area contributed by atoms with Crippen molar-refractivity contribution in [3.05, 3.63) is 34.9 Å². The molecule has 6 heteroatoms. The summed E-state index contributed by atoms with van der Waals surface area (Å²) in [6.07, 6.45) is 4.85. The summed E-state index contributed by atoms with van der Waals surface area (Å²) in [6, 6.07) is 9.38. The SMILES string of the molecule is Cc1ccc2c(c1)CC[C@@H]2N1C(=O)[C@@H]2C[C@H]1CN2C[C@H](C)C(=O)N1C2C[C@H]2C[C@H]1C#N. The van der Waals surface area contributed by atoms with Gasteiger partial charge >= 0.3 is 0 Å². The fourth-order valence-electron chi connectivity index (χ4n) is 6.89. The molecule has 5 aliphatic rings. The summed E-state index contributed by atoms with van der Waals surface area (Å²) in [6.45, 7) is 5.57. The summed E-state index contributed by atoms with van der Waals surface area (Å²) in [4.78, 5) is 32.7. The van der Waals surface area contributed by atoms with Crippen LogP contribution in [0.1, 0.15) is 55.3 Å². The van der Waals surface area contributed by atoms with Gasteiger partial charge < -0.3 is 9.80 Å². The zero-order valence-electron chi connectivity index (χ0n) is 18.3. The maximum absolute atomic E-state index is 13.4. The minimum Gasteiger partial charge on any atom is -0.330 e. The number of fused-ring (bicyclic) bond motifs is 4. The lowest BCUT2D eigenvalue weighted by Crippen LogP contribution is -2.53. The van der Waals surface area contributed by atoms with Crippen molar-refractivity contribution in [3.63, 3.8) is 0 Å². The Morgan fingerprint density at radius 2 is 2.10 bits per heavy atom. The summed E-state index contributed by atoms with van der Waals surface area (Å²) in [7, 11) is 0. The summed E-state index contributed by atoms with van der Waals surface area (Å²) < 4.78 is 0. The van der Waals surface area contributed by atoms with E-state index in [0.717, 1.165) is 38.6 Å². The number of hydrogen-bond acceptors (Lipinski definition) is 4. The van der Waals surface area contributed by atoms with E-state index in [-0.39, 0.29) is 47.9 Å². The van der Waals surface area contributed by atoms with Gasteiger partial charge in [-0.15, -0.1) is 0 Å². The Kier molecular flexibility index (Phi) is 4.24. The third kappa shape index (κ3) is 2.86. The molecule has 2 bridgehead atoms. The van der Waals surface area contributed by atoms with Gasteiger partial charge in [-0.05, 0) is 56.1 Å². The van der Waals surface area contributed by atoms with Crippen LogP contribution in [0.2, 0.25) is 0 Å². The first-order valence-electron chi connectivity index (χ1n) is 11.8. The molecule has 162 valence electrons. The molecule has 1 aromatic carbocycles. The highest BCUT2D eigenvalue weighted by Crippen LogP contribution is 2.48. The van der Waals surface area contributed by atoms with E-state index >= 15 is 0 Å². The minimum absolute atomic E-state index is 0.0891. The summed E-state index contributed by atoms with van der Waals surface area (Å²) in [5.74, 6) is 0.708. The number of aryl methyl sites for hydroxylation is 2. The van der Waals surface area contributed by atoms with Crippen LogP contribution in [0.25, 0.3) is 0 Å². The Morgan fingerprint density at radius 1 is 1.26 bits per heavy atom. The Bertz CT molecular complexity index is 1000. The van der Waals surface area contributed by atoms with Gasteiger partial charge in [0.15, 0.2) is 0 Å². The van der Waals surface area contributed by atoms with E-state index in [0.29, 0.717) is 12.5 Å². The molecule has 0 spiro atoms. The lowest BCUT2D eigenvalue weighted by Gasteiger charge is -2.39. The van der Waals surface area contributed by atoms with Crippen molar-refractivity contribution in [2.24, 2.45) is 11.8 Å². The van der Waals surface area contributed by atoms with Crippen molar-refractivity contribution in [3.8, 4) is 6.07 Å². The van der Waals surface area contributed by atoms with E-state index in [4.69, 9.17) is 0 Å². The van der Waals surface area contributed by atoms with Crippen LogP contribution in [-0.2, 0) is 16.0 Å². The number of piperazine rings is 1. The highest BCUT2D eigenvalue weighted by molar-refractivity contribution is 5.87. The van der Waals surface area contributed by atoms with Crippen molar-refractivity contribution in [1.29, 1.82) is 5.26 Å². The number of hydrogen-bond donors (Lipinski definition) is 0. The van der Waals surface area contributed by atoms with Gasteiger partial charge in [0.25, 0.3) is 0 Å². The van der Waals surface area contributed by atoms with E-state index < -0.39 is 0 Å². The van der Waals surface area contributed by atoms with E-state index in [1.54, 1.807) is 0 Å². The average Bonchev–Trinajstić information content (AvgIpc) is 3.08. The Hall–Kier alpha value is -2.39. The molecular formula is C25H30N4O2. The van der Waals surface area contributed by atoms with Crippen LogP contribution >= 0.6 is 0 Å². The molecule has 3 heterocycles. The summed E-state index contributed by atoms with van der Waals surface area (Å²) >= 11 is 0. The number of carbonyl (C=O) groups excluding carboxylic acids is 2. The third-order valence-electron chi connectivity index (χ3n) is 8.43. The molecule has 0 radical (unpaired) electrons. The molecule has 6 nitrogen and oxygen atoms in total. The van der Waals surface area contributed by atoms with Gasteiger partial charge in [-0.3, -0.25) is 14.5 Å². The van der Waals surface area contributed by atoms with E-state index in [1.165, 1.54) is 16.7 Å². The minimum atomic E-state index is -0.253. The van der Waals surface area contributed by atoms with Gasteiger partial charge in [-0.2, -0.15) is 5.26 Å². The van der Waals surface area contributed by atoms with Crippen LogP contribution in [0.4, 0.5) is 0 Å². The Balaban J connectivity index is 1.13. The second-order valence-electron chi connectivity index (χ2n) is 10.5. The molecule has 3 saturated heterocycles. The van der Waals surface area contributed by atoms with Gasteiger partial charge in [0.1, 0.15) is 6.04 Å². The van der Waals surface area contributed by atoms with Crippen molar-refractivity contribution >= 4 is 11.8 Å². The van der Waals surface area contributed by atoms with Crippen LogP contribution in [0.3, 0.4) is 0 Å². The first-order chi connectivity index (χ1) is 15.0. The molecule has 4 fully saturated rings. The number of likely N-dealkylation sites (tertiary alicyclic amines) is 3. The lowest BCUT2D eigenvalue weighted by atomic mass is 10.0. The topological polar surface area (TPSA) is 67.7 Å². The molecule has 2 aliphatic carbocycles. The zero-order chi connectivity index (χ0) is 21.4. The fourth-order valence-corrected chi connectivity index (χ4v) is 6.89. The Labute approximate surface area is 183 Å². The molecule has 1 saturated carbocycles. The molecule has 2 amide bonds. The van der Waals surface area contributed by atoms with Crippen LogP contribution in [-0.4, -0.2) is 63.8 Å². The van der Waals surface area contributed by atoms with Gasteiger partial charge in [-0.25, -0.2) is 0 Å². The normalized spacial score (nSPS) is 36.5. The second-order valence-corrected chi connectivity index (χ2v) is 10.5. The summed E-state index contributed by atoms with van der Waals surface area (Å²) in [5, 5.41) is 9.42. The van der Waals surface area contributed by atoms with Crippen LogP contribution < -0.4 is 0 Å². The fraction of sp³-hybridized carbons (Fsp3) is 0.640. The number of carbonyl (C=O) groups is 2. The van der Waals surface area contributed by atoms with Gasteiger partial charge in [0.2, 0.25) is 11.8 Å². The molecule has 31 heavy (non-hydrogen) atoms. The number of nitrogens with zero attached hydrogens (tertiary/aromatic N) is 4. The molecule has 1 aromatic rings. The van der Waals surface area contributed by atoms with Crippen molar-refractivity contribution in [2.75, 3.05) is 13.1 Å². The zero-order valence-corrected chi connectivity index (χ0v) is 18.3. The molecule has 3 aliphatic heterocycles. The summed E-state index contributed by atoms with van der Waals surface area (Å²) in [5.41, 5.74) is 4.01. The smallest absolute Gasteiger partial charge is 0.240 e. The van der Waals surface area contributed by atoms with E-state index in [1.807, 2.05) is 11.8 Å². The maximum atomic E-state index is 13.4. The van der Waals surface area contributed by atoms with Gasteiger partial charge in [0, 0.05) is 31.1 Å². The van der Waals surface area contributed by atoms with Gasteiger partial charge in [-0.1, -0.05) is 30.7 Å². The predicted molar refractivity (Wildman–Crippen MR) is 115 cm³/mol. The number of amides is 2. The molecule has 0 aromatic heterocycles. The standard InChI is InChI=1S/C25H30N4O2/c1-14-3-5-20-16(7-14)4-6-21(20)29-19-10-23(25(29)31)27(13-19)12-15(2)24(30)28-18(11-26)8-17-9-22(17)28/h3,5,7,15,17-19,21-23H,4,6,8-10,12-13H2,1-2H3/t15-,17+,18-,19-,21-,22?,23-/m0/s1. The Morgan fingerprint density at radius 3 is 2.87 bits per heavy atom. The lowest BCUT2D eigenvalue weighted by molar-refractivity contribution is -0.142.